The first kappa shape index (κ1) is 16.4. The van der Waals surface area contributed by atoms with Crippen molar-refractivity contribution in [3.05, 3.63) is 42.4 Å². The summed E-state index contributed by atoms with van der Waals surface area (Å²) in [6.45, 7) is 0.397. The van der Waals surface area contributed by atoms with Crippen molar-refractivity contribution in [3.8, 4) is 5.75 Å². The maximum atomic E-state index is 12.3. The number of nitrogens with zero attached hydrogens (tertiary/aromatic N) is 1. The van der Waals surface area contributed by atoms with E-state index in [0.29, 0.717) is 30.1 Å². The van der Waals surface area contributed by atoms with Crippen molar-refractivity contribution in [1.82, 2.24) is 0 Å². The van der Waals surface area contributed by atoms with Crippen LogP contribution < -0.4 is 14.4 Å². The summed E-state index contributed by atoms with van der Waals surface area (Å²) in [7, 11) is -1.89. The van der Waals surface area contributed by atoms with Gasteiger partial charge in [0.15, 0.2) is 5.76 Å². The van der Waals surface area contributed by atoms with E-state index in [-0.39, 0.29) is 11.5 Å². The van der Waals surface area contributed by atoms with Crippen LogP contribution in [0.4, 0.5) is 11.4 Å². The molecule has 0 spiro atoms. The van der Waals surface area contributed by atoms with Crippen LogP contribution in [-0.2, 0) is 10.0 Å². The first-order chi connectivity index (χ1) is 11.5. The minimum absolute atomic E-state index is 0.110. The molecule has 7 nitrogen and oxygen atoms in total. The highest BCUT2D eigenvalue weighted by atomic mass is 32.2. The van der Waals surface area contributed by atoms with Crippen molar-refractivity contribution in [3.63, 3.8) is 0 Å². The maximum absolute atomic E-state index is 12.3. The van der Waals surface area contributed by atoms with Crippen molar-refractivity contribution in [1.29, 1.82) is 0 Å². The maximum Gasteiger partial charge on any atom is 0.291 e. The number of sulfonamides is 1. The van der Waals surface area contributed by atoms with Crippen molar-refractivity contribution < 1.29 is 22.4 Å². The second-order valence-electron chi connectivity index (χ2n) is 5.41. The SMILES string of the molecule is COc1ccc(NC(=O)c2ccco2)cc1N1CCCCS1(=O)=O. The lowest BCUT2D eigenvalue weighted by molar-refractivity contribution is 0.0996. The molecule has 2 heterocycles. The summed E-state index contributed by atoms with van der Waals surface area (Å²) in [5.41, 5.74) is 0.891. The lowest BCUT2D eigenvalue weighted by Crippen LogP contribution is -2.38. The first-order valence-electron chi connectivity index (χ1n) is 7.54. The fourth-order valence-corrected chi connectivity index (χ4v) is 4.26. The third kappa shape index (κ3) is 3.23. The zero-order valence-corrected chi connectivity index (χ0v) is 14.0. The molecule has 1 amide bonds. The summed E-state index contributed by atoms with van der Waals surface area (Å²) in [6.07, 6.45) is 2.84. The number of methoxy groups -OCH3 is 1. The smallest absolute Gasteiger partial charge is 0.291 e. The van der Waals surface area contributed by atoms with Gasteiger partial charge in [-0.05, 0) is 43.2 Å². The van der Waals surface area contributed by atoms with Gasteiger partial charge in [0.05, 0.1) is 24.8 Å². The molecule has 128 valence electrons. The molecular formula is C16H18N2O5S. The van der Waals surface area contributed by atoms with Crippen LogP contribution >= 0.6 is 0 Å². The highest BCUT2D eigenvalue weighted by molar-refractivity contribution is 7.92. The van der Waals surface area contributed by atoms with Crippen LogP contribution in [0, 0.1) is 0 Å². The standard InChI is InChI=1S/C16H18N2O5S/c1-22-14-7-6-12(17-16(19)15-5-4-9-23-15)11-13(14)18-8-2-3-10-24(18,20)21/h4-7,9,11H,2-3,8,10H2,1H3,(H,17,19). The van der Waals surface area contributed by atoms with Crippen molar-refractivity contribution in [2.75, 3.05) is 29.0 Å². The van der Waals surface area contributed by atoms with Gasteiger partial charge in [-0.1, -0.05) is 0 Å². The number of furan rings is 1. The fourth-order valence-electron chi connectivity index (χ4n) is 2.62. The van der Waals surface area contributed by atoms with Gasteiger partial charge < -0.3 is 14.5 Å². The Hall–Kier alpha value is -2.48. The summed E-state index contributed by atoms with van der Waals surface area (Å²) in [6, 6.07) is 8.06. The summed E-state index contributed by atoms with van der Waals surface area (Å²) >= 11 is 0. The number of nitrogens with one attached hydrogen (secondary N) is 1. The fraction of sp³-hybridized carbons (Fsp3) is 0.312. The Balaban J connectivity index is 1.92. The topological polar surface area (TPSA) is 88.8 Å². The van der Waals surface area contributed by atoms with Gasteiger partial charge in [-0.2, -0.15) is 0 Å². The molecule has 8 heteroatoms. The molecule has 0 bridgehead atoms. The number of hydrogen-bond donors (Lipinski definition) is 1. The van der Waals surface area contributed by atoms with Gasteiger partial charge in [0.2, 0.25) is 10.0 Å². The Bertz CT molecular complexity index is 830. The number of rotatable bonds is 4. The number of ether oxygens (including phenoxy) is 1. The third-order valence-electron chi connectivity index (χ3n) is 3.80. The molecule has 1 aliphatic heterocycles. The molecular weight excluding hydrogens is 332 g/mol. The lowest BCUT2D eigenvalue weighted by atomic mass is 10.2. The second-order valence-corrected chi connectivity index (χ2v) is 7.43. The van der Waals surface area contributed by atoms with Crippen molar-refractivity contribution in [2.24, 2.45) is 0 Å². The first-order valence-corrected chi connectivity index (χ1v) is 9.15. The highest BCUT2D eigenvalue weighted by Gasteiger charge is 2.28. The van der Waals surface area contributed by atoms with Crippen LogP contribution in [0.5, 0.6) is 5.75 Å². The molecule has 1 aromatic heterocycles. The number of amides is 1. The number of carbonyl (C=O) groups is 1. The van der Waals surface area contributed by atoms with E-state index in [4.69, 9.17) is 9.15 Å². The van der Waals surface area contributed by atoms with Gasteiger partial charge in [0.1, 0.15) is 5.75 Å². The normalized spacial score (nSPS) is 16.6. The van der Waals surface area contributed by atoms with Crippen molar-refractivity contribution in [2.45, 2.75) is 12.8 Å². The van der Waals surface area contributed by atoms with Crippen molar-refractivity contribution >= 4 is 27.3 Å². The Kier molecular flexibility index (Phi) is 4.48. The molecule has 1 fully saturated rings. The highest BCUT2D eigenvalue weighted by Crippen LogP contribution is 2.35. The minimum Gasteiger partial charge on any atom is -0.495 e. The Morgan fingerprint density at radius 1 is 1.29 bits per heavy atom. The van der Waals surface area contributed by atoms with Crippen LogP contribution in [0.2, 0.25) is 0 Å². The predicted octanol–water partition coefficient (Wildman–Crippen LogP) is 2.47. The Labute approximate surface area is 140 Å². The summed E-state index contributed by atoms with van der Waals surface area (Å²) < 4.78 is 36.4. The molecule has 1 aliphatic rings. The van der Waals surface area contributed by atoms with Crippen LogP contribution in [0.3, 0.4) is 0 Å². The van der Waals surface area contributed by atoms with Gasteiger partial charge in [-0.3, -0.25) is 9.10 Å². The third-order valence-corrected chi connectivity index (χ3v) is 5.66. The quantitative estimate of drug-likeness (QED) is 0.915. The van der Waals surface area contributed by atoms with E-state index in [1.54, 1.807) is 30.3 Å². The molecule has 0 atom stereocenters. The van der Waals surface area contributed by atoms with E-state index >= 15 is 0 Å². The van der Waals surface area contributed by atoms with E-state index in [1.165, 1.54) is 17.7 Å². The van der Waals surface area contributed by atoms with Gasteiger partial charge in [0, 0.05) is 12.2 Å². The van der Waals surface area contributed by atoms with Crippen LogP contribution in [0.1, 0.15) is 23.4 Å². The molecule has 0 unspecified atom stereocenters. The van der Waals surface area contributed by atoms with Gasteiger partial charge in [0.25, 0.3) is 5.91 Å². The molecule has 1 N–H and O–H groups in total. The zero-order chi connectivity index (χ0) is 17.2. The zero-order valence-electron chi connectivity index (χ0n) is 13.2. The lowest BCUT2D eigenvalue weighted by Gasteiger charge is -2.29. The summed E-state index contributed by atoms with van der Waals surface area (Å²) in [4.78, 5) is 12.1. The predicted molar refractivity (Wildman–Crippen MR) is 90.0 cm³/mol. The Morgan fingerprint density at radius 2 is 2.12 bits per heavy atom. The second kappa shape index (κ2) is 6.56. The van der Waals surface area contributed by atoms with E-state index in [2.05, 4.69) is 5.32 Å². The number of anilines is 2. The Morgan fingerprint density at radius 3 is 2.79 bits per heavy atom. The monoisotopic (exact) mass is 350 g/mol. The molecule has 0 saturated carbocycles. The summed E-state index contributed by atoms with van der Waals surface area (Å²) in [5, 5.41) is 2.69. The molecule has 1 saturated heterocycles. The molecule has 0 aliphatic carbocycles. The van der Waals surface area contributed by atoms with Gasteiger partial charge >= 0.3 is 0 Å². The number of hydrogen-bond acceptors (Lipinski definition) is 5. The average molecular weight is 350 g/mol. The van der Waals surface area contributed by atoms with E-state index in [1.807, 2.05) is 0 Å². The van der Waals surface area contributed by atoms with Crippen LogP contribution in [-0.4, -0.2) is 33.7 Å². The minimum atomic E-state index is -3.38. The molecule has 3 rings (SSSR count). The van der Waals surface area contributed by atoms with E-state index in [0.717, 1.165) is 6.42 Å². The molecule has 0 radical (unpaired) electrons. The summed E-state index contributed by atoms with van der Waals surface area (Å²) in [5.74, 6) is 0.325. The van der Waals surface area contributed by atoms with Gasteiger partial charge in [-0.25, -0.2) is 8.42 Å². The average Bonchev–Trinajstić information content (AvgIpc) is 3.09. The number of carbonyl (C=O) groups excluding carboxylic acids is 1. The van der Waals surface area contributed by atoms with E-state index in [9.17, 15) is 13.2 Å². The number of benzene rings is 1. The molecule has 1 aromatic carbocycles. The molecule has 24 heavy (non-hydrogen) atoms. The van der Waals surface area contributed by atoms with E-state index < -0.39 is 15.9 Å². The molecule has 2 aromatic rings. The largest absolute Gasteiger partial charge is 0.495 e. The van der Waals surface area contributed by atoms with Crippen LogP contribution in [0.25, 0.3) is 0 Å². The van der Waals surface area contributed by atoms with Gasteiger partial charge in [-0.15, -0.1) is 0 Å². The van der Waals surface area contributed by atoms with Crippen LogP contribution in [0.15, 0.2) is 41.0 Å².